The molecule has 1 amide bonds. The molecule has 5 nitrogen and oxygen atoms in total. The first-order valence-electron chi connectivity index (χ1n) is 6.31. The Morgan fingerprint density at radius 3 is 2.70 bits per heavy atom. The van der Waals surface area contributed by atoms with Crippen LogP contribution < -0.4 is 5.32 Å². The van der Waals surface area contributed by atoms with Crippen molar-refractivity contribution in [3.63, 3.8) is 0 Å². The molecule has 0 spiro atoms. The van der Waals surface area contributed by atoms with Gasteiger partial charge in [-0.15, -0.1) is 0 Å². The molecule has 0 bridgehead atoms. The van der Waals surface area contributed by atoms with Gasteiger partial charge in [0.05, 0.1) is 5.69 Å². The van der Waals surface area contributed by atoms with Crippen LogP contribution in [0, 0.1) is 18.3 Å². The number of hydrogen-bond acceptors (Lipinski definition) is 4. The van der Waals surface area contributed by atoms with Crippen molar-refractivity contribution in [2.24, 2.45) is 10.2 Å². The molecule has 0 saturated carbocycles. The van der Waals surface area contributed by atoms with Gasteiger partial charge in [-0.3, -0.25) is 4.79 Å². The van der Waals surface area contributed by atoms with Crippen LogP contribution in [0.4, 0.5) is 5.69 Å². The Morgan fingerprint density at radius 2 is 2.15 bits per heavy atom. The largest absolute Gasteiger partial charge is 0.349 e. The van der Waals surface area contributed by atoms with Crippen LogP contribution in [0.25, 0.3) is 6.08 Å². The van der Waals surface area contributed by atoms with E-state index in [1.165, 1.54) is 0 Å². The van der Waals surface area contributed by atoms with E-state index in [9.17, 15) is 4.79 Å². The molecule has 0 fully saturated rings. The summed E-state index contributed by atoms with van der Waals surface area (Å²) in [6.07, 6.45) is 1.55. The summed E-state index contributed by atoms with van der Waals surface area (Å²) in [7, 11) is 1.60. The number of rotatable bonds is 4. The molecule has 1 N–H and O–H groups in total. The second-order valence-corrected chi connectivity index (χ2v) is 4.64. The second-order valence-electron chi connectivity index (χ2n) is 4.64. The molecule has 0 radical (unpaired) electrons. The predicted molar refractivity (Wildman–Crippen MR) is 78.5 cm³/mol. The molecule has 20 heavy (non-hydrogen) atoms. The second kappa shape index (κ2) is 7.19. The van der Waals surface area contributed by atoms with E-state index < -0.39 is 0 Å². The summed E-state index contributed by atoms with van der Waals surface area (Å²) in [4.78, 5) is 11.8. The van der Waals surface area contributed by atoms with Crippen molar-refractivity contribution >= 4 is 17.7 Å². The first-order chi connectivity index (χ1) is 9.47. The van der Waals surface area contributed by atoms with E-state index in [0.29, 0.717) is 0 Å². The monoisotopic (exact) mass is 270 g/mol. The molecule has 0 unspecified atom stereocenters. The van der Waals surface area contributed by atoms with Crippen LogP contribution in [0.5, 0.6) is 0 Å². The van der Waals surface area contributed by atoms with Gasteiger partial charge in [0.25, 0.3) is 5.91 Å². The maximum Gasteiger partial charge on any atom is 0.262 e. The van der Waals surface area contributed by atoms with Gasteiger partial charge in [-0.25, -0.2) is 0 Å². The molecular weight excluding hydrogens is 252 g/mol. The Balaban J connectivity index is 3.11. The molecule has 0 aliphatic heterocycles. The zero-order valence-electron chi connectivity index (χ0n) is 12.1. The third kappa shape index (κ3) is 4.32. The van der Waals surface area contributed by atoms with Gasteiger partial charge in [0, 0.05) is 13.1 Å². The third-order valence-corrected chi connectivity index (χ3v) is 2.54. The number of aryl methyl sites for hydroxylation is 1. The number of azo groups is 1. The molecule has 5 heteroatoms. The summed E-state index contributed by atoms with van der Waals surface area (Å²) in [5.41, 5.74) is 2.52. The summed E-state index contributed by atoms with van der Waals surface area (Å²) in [6, 6.07) is 7.42. The summed E-state index contributed by atoms with van der Waals surface area (Å²) in [5, 5.41) is 19.5. The van der Waals surface area contributed by atoms with Crippen molar-refractivity contribution in [3.8, 4) is 6.07 Å². The van der Waals surface area contributed by atoms with Crippen molar-refractivity contribution in [1.29, 1.82) is 5.26 Å². The number of amides is 1. The molecule has 0 aliphatic carbocycles. The quantitative estimate of drug-likeness (QED) is 0.518. The van der Waals surface area contributed by atoms with Crippen molar-refractivity contribution < 1.29 is 4.79 Å². The lowest BCUT2D eigenvalue weighted by Crippen LogP contribution is -2.30. The highest BCUT2D eigenvalue weighted by atomic mass is 16.1. The van der Waals surface area contributed by atoms with Crippen LogP contribution >= 0.6 is 0 Å². The number of nitrogens with zero attached hydrogens (tertiary/aromatic N) is 3. The highest BCUT2D eigenvalue weighted by molar-refractivity contribution is 6.01. The van der Waals surface area contributed by atoms with E-state index in [1.807, 2.05) is 39.0 Å². The topological polar surface area (TPSA) is 77.6 Å². The van der Waals surface area contributed by atoms with E-state index in [-0.39, 0.29) is 17.5 Å². The standard InChI is InChI=1S/C15H18N4O/c1-10(2)18-15(20)13(9-16)7-12-6-5-11(3)14(8-12)19-17-4/h5-8,10H,1-4H3,(H,18,20)/b13-7+,19-17?. The predicted octanol–water partition coefficient (Wildman–Crippen LogP) is 3.14. The molecular formula is C15H18N4O. The summed E-state index contributed by atoms with van der Waals surface area (Å²) in [6.45, 7) is 5.62. The lowest BCUT2D eigenvalue weighted by Gasteiger charge is -2.07. The molecule has 0 aromatic heterocycles. The van der Waals surface area contributed by atoms with Gasteiger partial charge in [0.2, 0.25) is 0 Å². The first-order valence-corrected chi connectivity index (χ1v) is 6.31. The molecule has 1 aromatic carbocycles. The number of carbonyl (C=O) groups is 1. The minimum absolute atomic E-state index is 0.0123. The molecule has 0 atom stereocenters. The maximum absolute atomic E-state index is 11.8. The van der Waals surface area contributed by atoms with Crippen LogP contribution in [0.15, 0.2) is 34.0 Å². The summed E-state index contributed by atoms with van der Waals surface area (Å²) in [5.74, 6) is -0.373. The Bertz CT molecular complexity index is 594. The molecule has 0 aliphatic rings. The molecule has 104 valence electrons. The Kier molecular flexibility index (Phi) is 5.60. The number of hydrogen-bond donors (Lipinski definition) is 1. The average Bonchev–Trinajstić information content (AvgIpc) is 2.38. The van der Waals surface area contributed by atoms with Crippen LogP contribution in [0.1, 0.15) is 25.0 Å². The maximum atomic E-state index is 11.8. The van der Waals surface area contributed by atoms with Crippen molar-refractivity contribution in [3.05, 3.63) is 34.9 Å². The van der Waals surface area contributed by atoms with Gasteiger partial charge in [-0.05, 0) is 44.0 Å². The van der Waals surface area contributed by atoms with Crippen LogP contribution in [0.2, 0.25) is 0 Å². The van der Waals surface area contributed by atoms with Crippen LogP contribution in [0.3, 0.4) is 0 Å². The minimum Gasteiger partial charge on any atom is -0.349 e. The van der Waals surface area contributed by atoms with Gasteiger partial charge in [0.1, 0.15) is 11.6 Å². The van der Waals surface area contributed by atoms with Crippen molar-refractivity contribution in [2.45, 2.75) is 26.8 Å². The van der Waals surface area contributed by atoms with Crippen molar-refractivity contribution in [1.82, 2.24) is 5.32 Å². The Hall–Kier alpha value is -2.48. The number of nitriles is 1. The molecule has 0 saturated heterocycles. The minimum atomic E-state index is -0.373. The fraction of sp³-hybridized carbons (Fsp3) is 0.333. The zero-order chi connectivity index (χ0) is 15.1. The van der Waals surface area contributed by atoms with Gasteiger partial charge in [-0.2, -0.15) is 15.5 Å². The fourth-order valence-corrected chi connectivity index (χ4v) is 1.59. The van der Waals surface area contributed by atoms with Crippen LogP contribution in [-0.2, 0) is 4.79 Å². The van der Waals surface area contributed by atoms with Crippen molar-refractivity contribution in [2.75, 3.05) is 7.05 Å². The number of nitrogens with one attached hydrogen (secondary N) is 1. The van der Waals surface area contributed by atoms with Gasteiger partial charge < -0.3 is 5.32 Å². The van der Waals surface area contributed by atoms with E-state index in [2.05, 4.69) is 15.5 Å². The Labute approximate surface area is 119 Å². The highest BCUT2D eigenvalue weighted by Crippen LogP contribution is 2.21. The van der Waals surface area contributed by atoms with Gasteiger partial charge in [0.15, 0.2) is 0 Å². The summed E-state index contributed by atoms with van der Waals surface area (Å²) >= 11 is 0. The normalized spacial score (nSPS) is 11.7. The average molecular weight is 270 g/mol. The smallest absolute Gasteiger partial charge is 0.262 e. The molecule has 0 heterocycles. The van der Waals surface area contributed by atoms with Gasteiger partial charge in [-0.1, -0.05) is 12.1 Å². The fourth-order valence-electron chi connectivity index (χ4n) is 1.59. The lowest BCUT2D eigenvalue weighted by molar-refractivity contribution is -0.117. The first kappa shape index (κ1) is 15.6. The highest BCUT2D eigenvalue weighted by Gasteiger charge is 2.10. The molecule has 1 rings (SSSR count). The zero-order valence-corrected chi connectivity index (χ0v) is 12.1. The van der Waals surface area contributed by atoms with Crippen LogP contribution in [-0.4, -0.2) is 19.0 Å². The number of benzene rings is 1. The summed E-state index contributed by atoms with van der Waals surface area (Å²) < 4.78 is 0. The number of carbonyl (C=O) groups excluding carboxylic acids is 1. The van der Waals surface area contributed by atoms with E-state index in [4.69, 9.17) is 5.26 Å². The SMILES string of the molecule is CN=Nc1cc(/C=C(\C#N)C(=O)NC(C)C)ccc1C. The lowest BCUT2D eigenvalue weighted by atomic mass is 10.1. The van der Waals surface area contributed by atoms with E-state index in [0.717, 1.165) is 16.8 Å². The van der Waals surface area contributed by atoms with E-state index in [1.54, 1.807) is 19.2 Å². The Morgan fingerprint density at radius 1 is 1.45 bits per heavy atom. The van der Waals surface area contributed by atoms with Gasteiger partial charge >= 0.3 is 0 Å². The molecule has 1 aromatic rings. The van der Waals surface area contributed by atoms with E-state index >= 15 is 0 Å². The third-order valence-electron chi connectivity index (χ3n) is 2.54.